The van der Waals surface area contributed by atoms with Crippen molar-refractivity contribution in [3.63, 3.8) is 0 Å². The zero-order chi connectivity index (χ0) is 18.4. The third-order valence-corrected chi connectivity index (χ3v) is 3.80. The second kappa shape index (κ2) is 14.1. The second-order valence-corrected chi connectivity index (χ2v) is 6.51. The fraction of sp³-hybridized carbons (Fsp3) is 0.800. The molecule has 0 bridgehead atoms. The predicted molar refractivity (Wildman–Crippen MR) is 97.7 cm³/mol. The van der Waals surface area contributed by atoms with E-state index in [4.69, 9.17) is 9.47 Å². The largest absolute Gasteiger partial charge is 0.463 e. The summed E-state index contributed by atoms with van der Waals surface area (Å²) in [6.07, 6.45) is 7.97. The highest BCUT2D eigenvalue weighted by atomic mass is 16.5. The summed E-state index contributed by atoms with van der Waals surface area (Å²) in [7, 11) is 0. The molecule has 0 atom stereocenters. The minimum Gasteiger partial charge on any atom is -0.463 e. The Morgan fingerprint density at radius 1 is 0.750 bits per heavy atom. The summed E-state index contributed by atoms with van der Waals surface area (Å²) in [6, 6.07) is 0. The second-order valence-electron chi connectivity index (χ2n) is 6.51. The molecule has 24 heavy (non-hydrogen) atoms. The topological polar surface area (TPSA) is 52.6 Å². The summed E-state index contributed by atoms with van der Waals surface area (Å²) < 4.78 is 10.4. The maximum absolute atomic E-state index is 12.4. The van der Waals surface area contributed by atoms with E-state index in [1.54, 1.807) is 13.8 Å². The van der Waals surface area contributed by atoms with Crippen molar-refractivity contribution in [2.45, 2.75) is 86.0 Å². The summed E-state index contributed by atoms with van der Waals surface area (Å²) in [5.41, 5.74) is 1.01. The fourth-order valence-corrected chi connectivity index (χ4v) is 2.63. The van der Waals surface area contributed by atoms with Gasteiger partial charge in [-0.25, -0.2) is 9.59 Å². The van der Waals surface area contributed by atoms with Crippen molar-refractivity contribution in [1.82, 2.24) is 0 Å². The van der Waals surface area contributed by atoms with E-state index < -0.39 is 0 Å². The van der Waals surface area contributed by atoms with Crippen LogP contribution in [0.4, 0.5) is 0 Å². The van der Waals surface area contributed by atoms with Crippen LogP contribution in [0, 0.1) is 5.92 Å². The van der Waals surface area contributed by atoms with Crippen LogP contribution >= 0.6 is 0 Å². The molecule has 0 aromatic heterocycles. The van der Waals surface area contributed by atoms with Gasteiger partial charge in [-0.3, -0.25) is 0 Å². The first-order chi connectivity index (χ1) is 11.5. The average Bonchev–Trinajstić information content (AvgIpc) is 2.52. The van der Waals surface area contributed by atoms with Gasteiger partial charge in [-0.05, 0) is 39.0 Å². The van der Waals surface area contributed by atoms with Crippen LogP contribution in [0.5, 0.6) is 0 Å². The molecule has 140 valence electrons. The monoisotopic (exact) mass is 340 g/mol. The van der Waals surface area contributed by atoms with E-state index in [1.807, 2.05) is 13.8 Å². The molecule has 0 saturated heterocycles. The van der Waals surface area contributed by atoms with Gasteiger partial charge in [-0.1, -0.05) is 52.9 Å². The molecular weight excluding hydrogens is 304 g/mol. The highest BCUT2D eigenvalue weighted by Gasteiger charge is 2.23. The lowest BCUT2D eigenvalue weighted by molar-refractivity contribution is -0.142. The molecular formula is C20H36O4. The Labute approximate surface area is 148 Å². The number of unbranched alkanes of at least 4 members (excludes halogenated alkanes) is 5. The van der Waals surface area contributed by atoms with Crippen LogP contribution in [-0.4, -0.2) is 25.2 Å². The van der Waals surface area contributed by atoms with Crippen molar-refractivity contribution in [2.24, 2.45) is 5.92 Å². The third kappa shape index (κ3) is 9.74. The van der Waals surface area contributed by atoms with Crippen molar-refractivity contribution in [2.75, 3.05) is 13.2 Å². The van der Waals surface area contributed by atoms with Gasteiger partial charge < -0.3 is 9.47 Å². The van der Waals surface area contributed by atoms with Crippen molar-refractivity contribution >= 4 is 11.9 Å². The number of hydrogen-bond donors (Lipinski definition) is 0. The van der Waals surface area contributed by atoms with Crippen LogP contribution in [0.3, 0.4) is 0 Å². The van der Waals surface area contributed by atoms with E-state index in [9.17, 15) is 9.59 Å². The number of ether oxygens (including phenoxy) is 2. The standard InChI is InChI=1S/C20H36O4/c1-6-9-10-11-12-13-14-17(19(21)23-7-2)18(15-16(4)5)20(22)24-8-3/h16H,6-15H2,1-5H3/b18-17-. The molecule has 4 nitrogen and oxygen atoms in total. The third-order valence-electron chi connectivity index (χ3n) is 3.80. The van der Waals surface area contributed by atoms with Gasteiger partial charge in [0.2, 0.25) is 0 Å². The molecule has 0 heterocycles. The Hall–Kier alpha value is -1.32. The molecule has 0 aliphatic heterocycles. The number of rotatable bonds is 13. The quantitative estimate of drug-likeness (QED) is 0.262. The molecule has 0 saturated carbocycles. The molecule has 0 amide bonds. The first-order valence-corrected chi connectivity index (χ1v) is 9.54. The van der Waals surface area contributed by atoms with Gasteiger partial charge in [0.25, 0.3) is 0 Å². The average molecular weight is 341 g/mol. The molecule has 0 aliphatic carbocycles. The number of carbonyl (C=O) groups excluding carboxylic acids is 2. The SMILES string of the molecule is CCCCCCCC/C(C(=O)OCC)=C(\CC(C)C)C(=O)OCC. The summed E-state index contributed by atoms with van der Waals surface area (Å²) in [6.45, 7) is 10.5. The van der Waals surface area contributed by atoms with Crippen molar-refractivity contribution in [3.8, 4) is 0 Å². The van der Waals surface area contributed by atoms with E-state index in [-0.39, 0.29) is 17.9 Å². The van der Waals surface area contributed by atoms with Crippen LogP contribution in [0.2, 0.25) is 0 Å². The van der Waals surface area contributed by atoms with Crippen LogP contribution < -0.4 is 0 Å². The first kappa shape index (κ1) is 22.7. The van der Waals surface area contributed by atoms with Crippen LogP contribution in [0.25, 0.3) is 0 Å². The highest BCUT2D eigenvalue weighted by molar-refractivity contribution is 6.00. The summed E-state index contributed by atoms with van der Waals surface area (Å²) in [5, 5.41) is 0. The van der Waals surface area contributed by atoms with Gasteiger partial charge in [-0.15, -0.1) is 0 Å². The lowest BCUT2D eigenvalue weighted by Crippen LogP contribution is -2.18. The van der Waals surface area contributed by atoms with Gasteiger partial charge in [0.15, 0.2) is 0 Å². The Morgan fingerprint density at radius 2 is 1.25 bits per heavy atom. The number of esters is 2. The van der Waals surface area contributed by atoms with Gasteiger partial charge in [0.05, 0.1) is 13.2 Å². The molecule has 4 heteroatoms. The highest BCUT2D eigenvalue weighted by Crippen LogP contribution is 2.23. The van der Waals surface area contributed by atoms with E-state index in [2.05, 4.69) is 6.92 Å². The summed E-state index contributed by atoms with van der Waals surface area (Å²) in [4.78, 5) is 24.7. The maximum Gasteiger partial charge on any atom is 0.334 e. The van der Waals surface area contributed by atoms with Gasteiger partial charge in [-0.2, -0.15) is 0 Å². The van der Waals surface area contributed by atoms with Crippen LogP contribution in [0.1, 0.15) is 86.0 Å². The van der Waals surface area contributed by atoms with E-state index in [1.165, 1.54) is 25.7 Å². The van der Waals surface area contributed by atoms with Gasteiger partial charge >= 0.3 is 11.9 Å². The lowest BCUT2D eigenvalue weighted by Gasteiger charge is -2.15. The fourth-order valence-electron chi connectivity index (χ4n) is 2.63. The van der Waals surface area contributed by atoms with E-state index in [0.29, 0.717) is 37.2 Å². The molecule has 0 fully saturated rings. The molecule has 0 unspecified atom stereocenters. The Bertz CT molecular complexity index is 396. The van der Waals surface area contributed by atoms with Crippen molar-refractivity contribution in [3.05, 3.63) is 11.1 Å². The number of hydrogen-bond acceptors (Lipinski definition) is 4. The lowest BCUT2D eigenvalue weighted by atomic mass is 9.94. The predicted octanol–water partition coefficient (Wildman–Crippen LogP) is 5.21. The maximum atomic E-state index is 12.4. The van der Waals surface area contributed by atoms with Gasteiger partial charge in [0.1, 0.15) is 0 Å². The smallest absolute Gasteiger partial charge is 0.334 e. The molecule has 0 rings (SSSR count). The van der Waals surface area contributed by atoms with Crippen molar-refractivity contribution < 1.29 is 19.1 Å². The normalized spacial score (nSPS) is 12.1. The molecule has 0 N–H and O–H groups in total. The molecule has 0 radical (unpaired) electrons. The molecule has 0 spiro atoms. The molecule has 0 aromatic carbocycles. The molecule has 0 aliphatic rings. The Morgan fingerprint density at radius 3 is 1.75 bits per heavy atom. The van der Waals surface area contributed by atoms with E-state index >= 15 is 0 Å². The zero-order valence-corrected chi connectivity index (χ0v) is 16.3. The van der Waals surface area contributed by atoms with Crippen molar-refractivity contribution in [1.29, 1.82) is 0 Å². The summed E-state index contributed by atoms with van der Waals surface area (Å²) in [5.74, 6) is -0.464. The summed E-state index contributed by atoms with van der Waals surface area (Å²) >= 11 is 0. The number of carbonyl (C=O) groups is 2. The minimum absolute atomic E-state index is 0.276. The van der Waals surface area contributed by atoms with E-state index in [0.717, 1.165) is 12.8 Å². The molecule has 0 aromatic rings. The zero-order valence-electron chi connectivity index (χ0n) is 16.3. The van der Waals surface area contributed by atoms with Gasteiger partial charge in [0, 0.05) is 11.1 Å². The van der Waals surface area contributed by atoms with Crippen LogP contribution in [0.15, 0.2) is 11.1 Å². The minimum atomic E-state index is -0.375. The Balaban J connectivity index is 5.11. The Kier molecular flexibility index (Phi) is 13.3. The van der Waals surface area contributed by atoms with Crippen LogP contribution in [-0.2, 0) is 19.1 Å². The first-order valence-electron chi connectivity index (χ1n) is 9.54.